The Kier molecular flexibility index (Phi) is 4.70. The highest BCUT2D eigenvalue weighted by Gasteiger charge is 2.16. The maximum Gasteiger partial charge on any atom is 0.250 e. The topological polar surface area (TPSA) is 86.9 Å². The molecule has 8 heteroatoms. The molecule has 19 heavy (non-hydrogen) atoms. The van der Waals surface area contributed by atoms with Crippen LogP contribution >= 0.6 is 11.3 Å². The molecule has 0 saturated carbocycles. The first-order valence-electron chi connectivity index (χ1n) is 5.87. The number of rotatable bonds is 7. The molecule has 2 rings (SSSR count). The Bertz CT molecular complexity index is 604. The number of hydrogen-bond acceptors (Lipinski definition) is 5. The third-order valence-corrected chi connectivity index (χ3v) is 5.38. The summed E-state index contributed by atoms with van der Waals surface area (Å²) in [7, 11) is -3.44. The fourth-order valence-corrected chi connectivity index (χ4v) is 3.75. The number of aromatic nitrogens is 2. The minimum absolute atomic E-state index is 0.235. The zero-order valence-electron chi connectivity index (χ0n) is 10.5. The van der Waals surface area contributed by atoms with Gasteiger partial charge in [-0.2, -0.15) is 5.10 Å². The van der Waals surface area contributed by atoms with Gasteiger partial charge < -0.3 is 5.32 Å². The van der Waals surface area contributed by atoms with Crippen LogP contribution in [0.25, 0.3) is 0 Å². The molecule has 3 N–H and O–H groups in total. The van der Waals surface area contributed by atoms with Crippen LogP contribution in [0, 0.1) is 0 Å². The second-order valence-electron chi connectivity index (χ2n) is 3.99. The lowest BCUT2D eigenvalue weighted by atomic mass is 10.3. The summed E-state index contributed by atoms with van der Waals surface area (Å²) in [6.07, 6.45) is 3.25. The Hall–Kier alpha value is -1.22. The van der Waals surface area contributed by atoms with E-state index in [-0.39, 0.29) is 6.54 Å². The van der Waals surface area contributed by atoms with Crippen LogP contribution in [0.1, 0.15) is 18.1 Å². The average molecular weight is 300 g/mol. The summed E-state index contributed by atoms with van der Waals surface area (Å²) in [4.78, 5) is 0. The summed E-state index contributed by atoms with van der Waals surface area (Å²) >= 11 is 1.23. The number of sulfonamides is 1. The van der Waals surface area contributed by atoms with E-state index in [9.17, 15) is 8.42 Å². The van der Waals surface area contributed by atoms with Gasteiger partial charge in [-0.05, 0) is 23.6 Å². The zero-order chi connectivity index (χ0) is 13.7. The Morgan fingerprint density at radius 2 is 2.21 bits per heavy atom. The number of nitrogens with zero attached hydrogens (tertiary/aromatic N) is 1. The lowest BCUT2D eigenvalue weighted by Gasteiger charge is -2.02. The molecule has 0 aliphatic rings. The first-order valence-corrected chi connectivity index (χ1v) is 8.23. The molecule has 2 aromatic heterocycles. The molecule has 0 amide bonds. The first-order chi connectivity index (χ1) is 9.12. The monoisotopic (exact) mass is 300 g/mol. The molecule has 2 aromatic rings. The number of nitrogens with one attached hydrogen (secondary N) is 3. The largest absolute Gasteiger partial charge is 0.313 e. The number of H-pyrrole nitrogens is 1. The quantitative estimate of drug-likeness (QED) is 0.713. The minimum Gasteiger partial charge on any atom is -0.313 e. The summed E-state index contributed by atoms with van der Waals surface area (Å²) in [6.45, 7) is 3.79. The summed E-state index contributed by atoms with van der Waals surface area (Å²) in [5.74, 6) is 0. The lowest BCUT2D eigenvalue weighted by molar-refractivity contribution is 0.583. The van der Waals surface area contributed by atoms with Gasteiger partial charge in [0.15, 0.2) is 0 Å². The Balaban J connectivity index is 2.00. The summed E-state index contributed by atoms with van der Waals surface area (Å²) < 4.78 is 27.0. The summed E-state index contributed by atoms with van der Waals surface area (Å²) in [5, 5.41) is 11.4. The fourth-order valence-electron chi connectivity index (χ4n) is 1.48. The predicted octanol–water partition coefficient (Wildman–Crippen LogP) is 1.06. The summed E-state index contributed by atoms with van der Waals surface area (Å²) in [6, 6.07) is 1.70. The smallest absolute Gasteiger partial charge is 0.250 e. The van der Waals surface area contributed by atoms with Gasteiger partial charge in [0.2, 0.25) is 10.0 Å². The normalized spacial score (nSPS) is 11.8. The Morgan fingerprint density at radius 1 is 1.37 bits per heavy atom. The molecule has 0 unspecified atom stereocenters. The number of hydrogen-bond donors (Lipinski definition) is 3. The van der Waals surface area contributed by atoms with Gasteiger partial charge in [0.1, 0.15) is 4.21 Å². The lowest BCUT2D eigenvalue weighted by Crippen LogP contribution is -2.22. The molecule has 0 atom stereocenters. The van der Waals surface area contributed by atoms with Crippen LogP contribution in [0.3, 0.4) is 0 Å². The molecule has 0 aliphatic carbocycles. The van der Waals surface area contributed by atoms with Crippen molar-refractivity contribution in [3.8, 4) is 0 Å². The number of aromatic amines is 1. The molecule has 0 radical (unpaired) electrons. The van der Waals surface area contributed by atoms with Crippen molar-refractivity contribution in [1.82, 2.24) is 20.2 Å². The fraction of sp³-hybridized carbons (Fsp3) is 0.364. The van der Waals surface area contributed by atoms with Crippen LogP contribution in [0.2, 0.25) is 0 Å². The SMILES string of the molecule is CCNCc1csc(S(=O)(=O)NCc2cn[nH]c2)c1. The highest BCUT2D eigenvalue weighted by Crippen LogP contribution is 2.20. The van der Waals surface area contributed by atoms with Gasteiger partial charge in [0, 0.05) is 24.8 Å². The van der Waals surface area contributed by atoms with Crippen molar-refractivity contribution < 1.29 is 8.42 Å². The molecular weight excluding hydrogens is 284 g/mol. The van der Waals surface area contributed by atoms with Crippen molar-refractivity contribution in [2.24, 2.45) is 0 Å². The zero-order valence-corrected chi connectivity index (χ0v) is 12.1. The van der Waals surface area contributed by atoms with Crippen LogP contribution in [0.5, 0.6) is 0 Å². The first kappa shape index (κ1) is 14.2. The predicted molar refractivity (Wildman–Crippen MR) is 74.3 cm³/mol. The summed E-state index contributed by atoms with van der Waals surface area (Å²) in [5.41, 5.74) is 1.78. The van der Waals surface area contributed by atoms with Crippen molar-refractivity contribution in [3.63, 3.8) is 0 Å². The van der Waals surface area contributed by atoms with Crippen LogP contribution in [-0.4, -0.2) is 25.2 Å². The average Bonchev–Trinajstić information content (AvgIpc) is 3.05. The van der Waals surface area contributed by atoms with E-state index in [0.29, 0.717) is 10.8 Å². The standard InChI is InChI=1S/C11H16N4O2S2/c1-2-12-4-9-3-11(18-8-9)19(16,17)15-7-10-5-13-14-6-10/h3,5-6,8,12,15H,2,4,7H2,1H3,(H,13,14). The van der Waals surface area contributed by atoms with E-state index in [1.165, 1.54) is 11.3 Å². The van der Waals surface area contributed by atoms with E-state index in [4.69, 9.17) is 0 Å². The maximum atomic E-state index is 12.1. The van der Waals surface area contributed by atoms with E-state index < -0.39 is 10.0 Å². The Morgan fingerprint density at radius 3 is 2.89 bits per heavy atom. The van der Waals surface area contributed by atoms with E-state index >= 15 is 0 Å². The van der Waals surface area contributed by atoms with E-state index in [0.717, 1.165) is 17.7 Å². The second-order valence-corrected chi connectivity index (χ2v) is 6.89. The molecule has 0 spiro atoms. The van der Waals surface area contributed by atoms with Crippen molar-refractivity contribution >= 4 is 21.4 Å². The molecule has 0 aromatic carbocycles. The van der Waals surface area contributed by atoms with Crippen molar-refractivity contribution in [2.45, 2.75) is 24.2 Å². The molecule has 0 aliphatic heterocycles. The Labute approximate surface area is 116 Å². The van der Waals surface area contributed by atoms with Gasteiger partial charge in [-0.15, -0.1) is 11.3 Å². The second kappa shape index (κ2) is 6.29. The molecule has 104 valence electrons. The van der Waals surface area contributed by atoms with Crippen LogP contribution in [0.4, 0.5) is 0 Å². The van der Waals surface area contributed by atoms with Crippen LogP contribution < -0.4 is 10.0 Å². The van der Waals surface area contributed by atoms with Gasteiger partial charge in [-0.3, -0.25) is 5.10 Å². The van der Waals surface area contributed by atoms with Gasteiger partial charge in [0.05, 0.1) is 6.20 Å². The molecule has 0 bridgehead atoms. The third-order valence-electron chi connectivity index (χ3n) is 2.49. The molecule has 2 heterocycles. The number of thiophene rings is 1. The van der Waals surface area contributed by atoms with Crippen molar-refractivity contribution in [3.05, 3.63) is 35.0 Å². The van der Waals surface area contributed by atoms with E-state index in [1.54, 1.807) is 18.5 Å². The van der Waals surface area contributed by atoms with Gasteiger partial charge in [-0.25, -0.2) is 13.1 Å². The van der Waals surface area contributed by atoms with Gasteiger partial charge in [0.25, 0.3) is 0 Å². The molecule has 0 saturated heterocycles. The minimum atomic E-state index is -3.44. The molecule has 0 fully saturated rings. The van der Waals surface area contributed by atoms with Crippen molar-refractivity contribution in [2.75, 3.05) is 6.54 Å². The molecule has 6 nitrogen and oxygen atoms in total. The van der Waals surface area contributed by atoms with Crippen LogP contribution in [0.15, 0.2) is 28.0 Å². The van der Waals surface area contributed by atoms with E-state index in [2.05, 4.69) is 20.2 Å². The highest BCUT2D eigenvalue weighted by atomic mass is 32.2. The van der Waals surface area contributed by atoms with Gasteiger partial charge in [-0.1, -0.05) is 6.92 Å². The van der Waals surface area contributed by atoms with E-state index in [1.807, 2.05) is 12.3 Å². The van der Waals surface area contributed by atoms with Gasteiger partial charge >= 0.3 is 0 Å². The maximum absolute atomic E-state index is 12.1. The third kappa shape index (κ3) is 3.87. The molecular formula is C11H16N4O2S2. The van der Waals surface area contributed by atoms with Crippen molar-refractivity contribution in [1.29, 1.82) is 0 Å². The van der Waals surface area contributed by atoms with Crippen LogP contribution in [-0.2, 0) is 23.1 Å². The highest BCUT2D eigenvalue weighted by molar-refractivity contribution is 7.91.